The third-order valence-corrected chi connectivity index (χ3v) is 11.3. The molecular weight excluding hydrogens is 506 g/mol. The molecule has 1 aliphatic carbocycles. The first kappa shape index (κ1) is 26.0. The SMILES string of the molecule is CN1CC2NC(=O)c3ccc(N4CCCS4(=O)=O)cc3N3CCC(CC3)C3(CCCNC(N2)C1N=O)CC3. The molecule has 3 saturated heterocycles. The van der Waals surface area contributed by atoms with E-state index in [0.29, 0.717) is 42.1 Å². The maximum atomic E-state index is 13.7. The van der Waals surface area contributed by atoms with Crippen LogP contribution >= 0.6 is 0 Å². The first-order valence-corrected chi connectivity index (χ1v) is 15.6. The van der Waals surface area contributed by atoms with E-state index in [1.54, 1.807) is 12.1 Å². The van der Waals surface area contributed by atoms with Crippen molar-refractivity contribution in [3.8, 4) is 0 Å². The summed E-state index contributed by atoms with van der Waals surface area (Å²) in [5.74, 6) is 0.606. The topological polar surface area (TPSA) is 126 Å². The molecule has 0 radical (unpaired) electrons. The van der Waals surface area contributed by atoms with Crippen molar-refractivity contribution in [2.45, 2.75) is 63.4 Å². The number of nitrogens with one attached hydrogen (secondary N) is 3. The molecule has 3 atom stereocenters. The van der Waals surface area contributed by atoms with E-state index in [1.165, 1.54) is 23.6 Å². The van der Waals surface area contributed by atoms with Gasteiger partial charge in [-0.2, -0.15) is 0 Å². The lowest BCUT2D eigenvalue weighted by Crippen LogP contribution is -2.69. The average molecular weight is 546 g/mol. The van der Waals surface area contributed by atoms with Crippen LogP contribution in [0.1, 0.15) is 55.3 Å². The molecule has 6 aliphatic rings. The van der Waals surface area contributed by atoms with Crippen molar-refractivity contribution in [3.05, 3.63) is 28.7 Å². The van der Waals surface area contributed by atoms with E-state index >= 15 is 0 Å². The van der Waals surface area contributed by atoms with Gasteiger partial charge in [0.15, 0.2) is 6.17 Å². The summed E-state index contributed by atoms with van der Waals surface area (Å²) in [7, 11) is -1.48. The molecule has 7 rings (SSSR count). The minimum absolute atomic E-state index is 0.157. The summed E-state index contributed by atoms with van der Waals surface area (Å²) in [5.41, 5.74) is 2.38. The van der Waals surface area contributed by atoms with Crippen molar-refractivity contribution in [2.75, 3.05) is 54.7 Å². The summed E-state index contributed by atoms with van der Waals surface area (Å²) >= 11 is 0. The quantitative estimate of drug-likeness (QED) is 0.479. The van der Waals surface area contributed by atoms with Crippen LogP contribution in [0.3, 0.4) is 0 Å². The molecule has 208 valence electrons. The van der Waals surface area contributed by atoms with Gasteiger partial charge in [0.2, 0.25) is 10.0 Å². The molecule has 4 bridgehead atoms. The van der Waals surface area contributed by atoms with Gasteiger partial charge in [0.1, 0.15) is 0 Å². The standard InChI is InChI=1S/C26H39N7O4S/c1-31-17-22-28-23(24(31)30-35)27-11-2-8-26(9-10-26)18-6-13-32(14-7-18)21-16-19(4-5-20(21)25(34)29-22)33-12-3-15-38(33,36)37/h4-5,16,18,22-24,27-28H,2-3,6-15,17H2,1H3,(H,29,34). The number of sulfonamides is 1. The number of carbonyl (C=O) groups excluding carboxylic acids is 1. The fourth-order valence-corrected chi connectivity index (χ4v) is 8.70. The Kier molecular flexibility index (Phi) is 6.86. The number of amides is 1. The van der Waals surface area contributed by atoms with Crippen LogP contribution in [0.5, 0.6) is 0 Å². The minimum atomic E-state index is -3.33. The fraction of sp³-hybridized carbons (Fsp3) is 0.731. The zero-order chi connectivity index (χ0) is 26.5. The molecule has 5 heterocycles. The van der Waals surface area contributed by atoms with E-state index in [1.807, 2.05) is 18.0 Å². The van der Waals surface area contributed by atoms with Crippen molar-refractivity contribution in [1.82, 2.24) is 20.9 Å². The Labute approximate surface area is 224 Å². The molecule has 1 saturated carbocycles. The van der Waals surface area contributed by atoms with Crippen LogP contribution in [-0.2, 0) is 10.0 Å². The third-order valence-electron chi connectivity index (χ3n) is 9.44. The van der Waals surface area contributed by atoms with Crippen LogP contribution < -0.4 is 25.2 Å². The number of nitroso groups, excluding NO2 is 1. The van der Waals surface area contributed by atoms with E-state index in [4.69, 9.17) is 0 Å². The number of piperazine rings is 1. The van der Waals surface area contributed by atoms with Gasteiger partial charge >= 0.3 is 0 Å². The number of fused-ring (bicyclic) bond motifs is 6. The van der Waals surface area contributed by atoms with Crippen molar-refractivity contribution in [1.29, 1.82) is 0 Å². The molecule has 1 spiro atoms. The number of carbonyl (C=O) groups is 1. The number of rotatable bonds is 2. The van der Waals surface area contributed by atoms with E-state index in [0.717, 1.165) is 44.6 Å². The lowest BCUT2D eigenvalue weighted by Gasteiger charge is -2.42. The second kappa shape index (κ2) is 10.0. The predicted molar refractivity (Wildman–Crippen MR) is 146 cm³/mol. The van der Waals surface area contributed by atoms with Crippen molar-refractivity contribution in [2.24, 2.45) is 16.5 Å². The second-order valence-electron chi connectivity index (χ2n) is 11.8. The molecular formula is C26H39N7O4S. The van der Waals surface area contributed by atoms with E-state index in [2.05, 4.69) is 26.0 Å². The van der Waals surface area contributed by atoms with E-state index < -0.39 is 16.2 Å². The third kappa shape index (κ3) is 4.80. The molecule has 1 amide bonds. The monoisotopic (exact) mass is 545 g/mol. The molecule has 1 aromatic carbocycles. The summed E-state index contributed by atoms with van der Waals surface area (Å²) in [4.78, 5) is 29.4. The van der Waals surface area contributed by atoms with Crippen LogP contribution in [0.15, 0.2) is 23.4 Å². The number of piperidine rings is 1. The molecule has 11 nitrogen and oxygen atoms in total. The number of likely N-dealkylation sites (N-methyl/N-ethyl adjacent to an activating group) is 1. The Bertz CT molecular complexity index is 1180. The average Bonchev–Trinajstić information content (AvgIpc) is 3.60. The Hall–Kier alpha value is -2.28. The van der Waals surface area contributed by atoms with Gasteiger partial charge < -0.3 is 10.2 Å². The van der Waals surface area contributed by atoms with Crippen LogP contribution in [0.25, 0.3) is 0 Å². The van der Waals surface area contributed by atoms with Crippen molar-refractivity contribution < 1.29 is 13.2 Å². The second-order valence-corrected chi connectivity index (χ2v) is 13.8. The largest absolute Gasteiger partial charge is 0.371 e. The highest BCUT2D eigenvalue weighted by Crippen LogP contribution is 2.58. The zero-order valence-electron chi connectivity index (χ0n) is 22.1. The molecule has 12 heteroatoms. The van der Waals surface area contributed by atoms with Crippen LogP contribution in [0.2, 0.25) is 0 Å². The van der Waals surface area contributed by atoms with E-state index in [-0.39, 0.29) is 24.0 Å². The Morgan fingerprint density at radius 1 is 1.08 bits per heavy atom. The normalized spacial score (nSPS) is 31.7. The van der Waals surface area contributed by atoms with Gasteiger partial charge in [0.25, 0.3) is 5.91 Å². The van der Waals surface area contributed by atoms with Crippen LogP contribution in [0, 0.1) is 16.2 Å². The zero-order valence-corrected chi connectivity index (χ0v) is 22.9. The fourth-order valence-electron chi connectivity index (χ4n) is 7.15. The van der Waals surface area contributed by atoms with Crippen LogP contribution in [-0.4, -0.2) is 83.2 Å². The number of nitrogens with zero attached hydrogens (tertiary/aromatic N) is 4. The van der Waals surface area contributed by atoms with Gasteiger partial charge in [-0.3, -0.25) is 24.6 Å². The summed E-state index contributed by atoms with van der Waals surface area (Å²) in [6.45, 7) is 3.43. The molecule has 0 aromatic heterocycles. The predicted octanol–water partition coefficient (Wildman–Crippen LogP) is 1.62. The first-order chi connectivity index (χ1) is 18.3. The van der Waals surface area contributed by atoms with Gasteiger partial charge in [-0.05, 0) is 93.2 Å². The van der Waals surface area contributed by atoms with Gasteiger partial charge in [-0.25, -0.2) is 8.42 Å². The molecule has 3 unspecified atom stereocenters. The minimum Gasteiger partial charge on any atom is -0.371 e. The van der Waals surface area contributed by atoms with Gasteiger partial charge in [-0.15, -0.1) is 4.91 Å². The summed E-state index contributed by atoms with van der Waals surface area (Å²) < 4.78 is 26.8. The number of benzene rings is 1. The van der Waals surface area contributed by atoms with E-state index in [9.17, 15) is 18.1 Å². The van der Waals surface area contributed by atoms with Gasteiger partial charge in [-0.1, -0.05) is 0 Å². The Morgan fingerprint density at radius 3 is 2.55 bits per heavy atom. The summed E-state index contributed by atoms with van der Waals surface area (Å²) in [6, 6.07) is 5.41. The molecule has 4 fully saturated rings. The highest BCUT2D eigenvalue weighted by molar-refractivity contribution is 7.93. The van der Waals surface area contributed by atoms with Gasteiger partial charge in [0, 0.05) is 26.2 Å². The maximum absolute atomic E-state index is 13.7. The van der Waals surface area contributed by atoms with Gasteiger partial charge in [0.05, 0.1) is 35.0 Å². The molecule has 3 N–H and O–H groups in total. The Morgan fingerprint density at radius 2 is 1.87 bits per heavy atom. The molecule has 1 aromatic rings. The number of hydrogen-bond donors (Lipinski definition) is 3. The highest BCUT2D eigenvalue weighted by atomic mass is 32.2. The first-order valence-electron chi connectivity index (χ1n) is 14.0. The van der Waals surface area contributed by atoms with Crippen molar-refractivity contribution >= 4 is 27.3 Å². The summed E-state index contributed by atoms with van der Waals surface area (Å²) in [5, 5.41) is 13.3. The van der Waals surface area contributed by atoms with Crippen LogP contribution in [0.4, 0.5) is 11.4 Å². The highest BCUT2D eigenvalue weighted by Gasteiger charge is 2.49. The molecule has 38 heavy (non-hydrogen) atoms. The van der Waals surface area contributed by atoms with Crippen molar-refractivity contribution in [3.63, 3.8) is 0 Å². The smallest absolute Gasteiger partial charge is 0.254 e. The lowest BCUT2D eigenvalue weighted by molar-refractivity contribution is 0.0731. The summed E-state index contributed by atoms with van der Waals surface area (Å²) in [6.07, 6.45) is 6.25. The number of anilines is 2. The Balaban J connectivity index is 1.34. The number of hydrogen-bond acceptors (Lipinski definition) is 9. The lowest BCUT2D eigenvalue weighted by atomic mass is 9.78. The maximum Gasteiger partial charge on any atom is 0.254 e. The molecule has 5 aliphatic heterocycles.